The largest absolute Gasteiger partial charge is 0.319 e. The van der Waals surface area contributed by atoms with Crippen LogP contribution in [0.25, 0.3) is 0 Å². The number of hydrogen-bond acceptors (Lipinski definition) is 4. The molecule has 0 unspecified atom stereocenters. The number of rotatable bonds is 3. The van der Waals surface area contributed by atoms with E-state index < -0.39 is 16.6 Å². The Morgan fingerprint density at radius 2 is 2.05 bits per heavy atom. The highest BCUT2D eigenvalue weighted by Crippen LogP contribution is 2.24. The minimum atomic E-state index is -0.714. The first-order valence-electron chi connectivity index (χ1n) is 5.71. The molecule has 0 aliphatic rings. The number of nitro benzene ring substituents is 1. The first kappa shape index (κ1) is 14.1. The van der Waals surface area contributed by atoms with E-state index in [0.717, 1.165) is 28.6 Å². The number of aryl methyl sites for hydroxylation is 2. The van der Waals surface area contributed by atoms with Crippen molar-refractivity contribution in [3.05, 3.63) is 55.5 Å². The topological polar surface area (TPSA) is 72.2 Å². The molecule has 0 saturated carbocycles. The molecule has 0 saturated heterocycles. The van der Waals surface area contributed by atoms with Gasteiger partial charge in [-0.05, 0) is 31.5 Å². The lowest BCUT2D eigenvalue weighted by molar-refractivity contribution is -0.384. The Kier molecular flexibility index (Phi) is 3.80. The fraction of sp³-hybridized carbons (Fsp3) is 0.154. The summed E-state index contributed by atoms with van der Waals surface area (Å²) in [6.07, 6.45) is 0. The average Bonchev–Trinajstić information content (AvgIpc) is 2.72. The zero-order chi connectivity index (χ0) is 14.9. The van der Waals surface area contributed by atoms with E-state index in [9.17, 15) is 19.3 Å². The van der Waals surface area contributed by atoms with Gasteiger partial charge in [-0.2, -0.15) is 0 Å². The van der Waals surface area contributed by atoms with Crippen molar-refractivity contribution in [2.24, 2.45) is 0 Å². The van der Waals surface area contributed by atoms with Crippen LogP contribution in [0.4, 0.5) is 15.8 Å². The molecule has 2 aromatic rings. The molecular formula is C13H11FN2O3S. The second kappa shape index (κ2) is 5.38. The molecule has 2 rings (SSSR count). The number of amides is 1. The van der Waals surface area contributed by atoms with Crippen LogP contribution >= 0.6 is 11.3 Å². The van der Waals surface area contributed by atoms with Crippen molar-refractivity contribution in [1.29, 1.82) is 0 Å². The summed E-state index contributed by atoms with van der Waals surface area (Å²) in [5.74, 6) is -1.19. The quantitative estimate of drug-likeness (QED) is 0.693. The third-order valence-electron chi connectivity index (χ3n) is 2.80. The third kappa shape index (κ3) is 2.83. The number of thiophene rings is 1. The molecular weight excluding hydrogens is 283 g/mol. The van der Waals surface area contributed by atoms with Crippen molar-refractivity contribution in [2.75, 3.05) is 5.32 Å². The fourth-order valence-corrected chi connectivity index (χ4v) is 2.52. The monoisotopic (exact) mass is 294 g/mol. The number of nitro groups is 1. The summed E-state index contributed by atoms with van der Waals surface area (Å²) < 4.78 is 13.6. The van der Waals surface area contributed by atoms with Crippen LogP contribution in [0.2, 0.25) is 0 Å². The van der Waals surface area contributed by atoms with Gasteiger partial charge in [0.15, 0.2) is 0 Å². The molecule has 0 radical (unpaired) electrons. The Labute approximate surface area is 118 Å². The number of halogens is 1. The van der Waals surface area contributed by atoms with Gasteiger partial charge in [0.25, 0.3) is 11.6 Å². The molecule has 0 aliphatic heterocycles. The highest BCUT2D eigenvalue weighted by atomic mass is 32.1. The lowest BCUT2D eigenvalue weighted by atomic mass is 10.2. The SMILES string of the molecule is Cc1cc(C(=O)Nc2cc([N+](=O)[O-])ccc2F)sc1C. The lowest BCUT2D eigenvalue weighted by Gasteiger charge is -2.04. The van der Waals surface area contributed by atoms with Gasteiger partial charge in [0, 0.05) is 17.0 Å². The Morgan fingerprint density at radius 1 is 1.35 bits per heavy atom. The van der Waals surface area contributed by atoms with Crippen molar-refractivity contribution >= 4 is 28.6 Å². The third-order valence-corrected chi connectivity index (χ3v) is 3.95. The summed E-state index contributed by atoms with van der Waals surface area (Å²) >= 11 is 1.29. The number of nitrogens with one attached hydrogen (secondary N) is 1. The van der Waals surface area contributed by atoms with Gasteiger partial charge in [0.05, 0.1) is 15.5 Å². The second-order valence-electron chi connectivity index (χ2n) is 4.23. The predicted octanol–water partition coefficient (Wildman–Crippen LogP) is 3.66. The van der Waals surface area contributed by atoms with Gasteiger partial charge in [-0.3, -0.25) is 14.9 Å². The van der Waals surface area contributed by atoms with Crippen LogP contribution in [0, 0.1) is 29.8 Å². The molecule has 0 atom stereocenters. The summed E-state index contributed by atoms with van der Waals surface area (Å²) in [5.41, 5.74) is 0.493. The second-order valence-corrected chi connectivity index (χ2v) is 5.48. The molecule has 0 bridgehead atoms. The van der Waals surface area contributed by atoms with E-state index in [-0.39, 0.29) is 11.4 Å². The van der Waals surface area contributed by atoms with Crippen molar-refractivity contribution in [3.8, 4) is 0 Å². The fourth-order valence-electron chi connectivity index (χ4n) is 1.59. The Morgan fingerprint density at radius 3 is 2.60 bits per heavy atom. The molecule has 1 aromatic heterocycles. The standard InChI is InChI=1S/C13H11FN2O3S/c1-7-5-12(20-8(7)2)13(17)15-11-6-9(16(18)19)3-4-10(11)14/h3-6H,1-2H3,(H,15,17). The van der Waals surface area contributed by atoms with E-state index in [4.69, 9.17) is 0 Å². The summed E-state index contributed by atoms with van der Waals surface area (Å²) in [6.45, 7) is 3.75. The van der Waals surface area contributed by atoms with E-state index in [1.54, 1.807) is 6.07 Å². The average molecular weight is 294 g/mol. The highest BCUT2D eigenvalue weighted by molar-refractivity contribution is 7.14. The van der Waals surface area contributed by atoms with Crippen LogP contribution in [0.1, 0.15) is 20.1 Å². The Balaban J connectivity index is 2.27. The van der Waals surface area contributed by atoms with Crippen molar-refractivity contribution < 1.29 is 14.1 Å². The van der Waals surface area contributed by atoms with Crippen LogP contribution in [-0.4, -0.2) is 10.8 Å². The number of nitrogens with zero attached hydrogens (tertiary/aromatic N) is 1. The van der Waals surface area contributed by atoms with Gasteiger partial charge in [-0.15, -0.1) is 11.3 Å². The first-order chi connectivity index (χ1) is 9.38. The summed E-state index contributed by atoms with van der Waals surface area (Å²) in [6, 6.07) is 4.70. The van der Waals surface area contributed by atoms with Crippen molar-refractivity contribution in [2.45, 2.75) is 13.8 Å². The van der Waals surface area contributed by atoms with Crippen LogP contribution in [0.3, 0.4) is 0 Å². The van der Waals surface area contributed by atoms with Crippen LogP contribution in [0.15, 0.2) is 24.3 Å². The maximum absolute atomic E-state index is 13.6. The smallest absolute Gasteiger partial charge is 0.271 e. The number of anilines is 1. The molecule has 0 aliphatic carbocycles. The van der Waals surface area contributed by atoms with Crippen molar-refractivity contribution in [3.63, 3.8) is 0 Å². The Bertz CT molecular complexity index is 677. The van der Waals surface area contributed by atoms with Gasteiger partial charge in [-0.25, -0.2) is 4.39 Å². The number of hydrogen-bond donors (Lipinski definition) is 1. The summed E-state index contributed by atoms with van der Waals surface area (Å²) in [7, 11) is 0. The minimum Gasteiger partial charge on any atom is -0.319 e. The van der Waals surface area contributed by atoms with Gasteiger partial charge in [0.1, 0.15) is 5.82 Å². The van der Waals surface area contributed by atoms with Crippen molar-refractivity contribution in [1.82, 2.24) is 0 Å². The molecule has 1 aromatic carbocycles. The zero-order valence-electron chi connectivity index (χ0n) is 10.8. The maximum Gasteiger partial charge on any atom is 0.271 e. The lowest BCUT2D eigenvalue weighted by Crippen LogP contribution is -2.11. The Hall–Kier alpha value is -2.28. The zero-order valence-corrected chi connectivity index (χ0v) is 11.6. The number of carbonyl (C=O) groups is 1. The van der Waals surface area contributed by atoms with E-state index >= 15 is 0 Å². The van der Waals surface area contributed by atoms with Gasteiger partial charge in [-0.1, -0.05) is 0 Å². The van der Waals surface area contributed by atoms with E-state index in [0.29, 0.717) is 4.88 Å². The van der Waals surface area contributed by atoms with Gasteiger partial charge >= 0.3 is 0 Å². The normalized spacial score (nSPS) is 10.3. The summed E-state index contributed by atoms with van der Waals surface area (Å²) in [5, 5.41) is 13.0. The van der Waals surface area contributed by atoms with Gasteiger partial charge < -0.3 is 5.32 Å². The van der Waals surface area contributed by atoms with Crippen LogP contribution in [0.5, 0.6) is 0 Å². The summed E-state index contributed by atoms with van der Waals surface area (Å²) in [4.78, 5) is 23.4. The highest BCUT2D eigenvalue weighted by Gasteiger charge is 2.15. The molecule has 1 heterocycles. The van der Waals surface area contributed by atoms with E-state index in [1.807, 2.05) is 13.8 Å². The van der Waals surface area contributed by atoms with Crippen LogP contribution in [-0.2, 0) is 0 Å². The van der Waals surface area contributed by atoms with Gasteiger partial charge in [0.2, 0.25) is 0 Å². The molecule has 104 valence electrons. The minimum absolute atomic E-state index is 0.201. The maximum atomic E-state index is 13.6. The number of non-ortho nitro benzene ring substituents is 1. The molecule has 1 N–H and O–H groups in total. The molecule has 20 heavy (non-hydrogen) atoms. The predicted molar refractivity (Wildman–Crippen MR) is 74.8 cm³/mol. The molecule has 7 heteroatoms. The van der Waals surface area contributed by atoms with Crippen LogP contribution < -0.4 is 5.32 Å². The van der Waals surface area contributed by atoms with E-state index in [1.165, 1.54) is 11.3 Å². The van der Waals surface area contributed by atoms with E-state index in [2.05, 4.69) is 5.32 Å². The molecule has 0 spiro atoms. The number of benzene rings is 1. The molecule has 5 nitrogen and oxygen atoms in total. The molecule has 1 amide bonds. The number of carbonyl (C=O) groups excluding carboxylic acids is 1. The molecule has 0 fully saturated rings. The first-order valence-corrected chi connectivity index (χ1v) is 6.52.